The van der Waals surface area contributed by atoms with Crippen LogP contribution < -0.4 is 14.8 Å². The highest BCUT2D eigenvalue weighted by Crippen LogP contribution is 2.30. The van der Waals surface area contributed by atoms with Crippen LogP contribution in [-0.2, 0) is 11.3 Å². The lowest BCUT2D eigenvalue weighted by Crippen LogP contribution is -2.89. The van der Waals surface area contributed by atoms with E-state index in [0.29, 0.717) is 26.4 Å². The number of thiophene rings is 1. The molecule has 1 aromatic carbocycles. The van der Waals surface area contributed by atoms with Crippen LogP contribution in [0.3, 0.4) is 0 Å². The fraction of sp³-hybridized carbons (Fsp3) is 0.412. The van der Waals surface area contributed by atoms with Crippen molar-refractivity contribution in [3.63, 3.8) is 0 Å². The summed E-state index contributed by atoms with van der Waals surface area (Å²) in [6, 6.07) is 11.7. The summed E-state index contributed by atoms with van der Waals surface area (Å²) in [6.45, 7) is 2.78. The van der Waals surface area contributed by atoms with Gasteiger partial charge in [-0.2, -0.15) is 0 Å². The van der Waals surface area contributed by atoms with E-state index in [-0.39, 0.29) is 6.10 Å². The van der Waals surface area contributed by atoms with Crippen molar-refractivity contribution in [3.8, 4) is 11.5 Å². The zero-order valence-corrected chi connectivity index (χ0v) is 13.7. The number of fused-ring (bicyclic) bond motifs is 1. The Hall–Kier alpha value is -1.60. The lowest BCUT2D eigenvalue weighted by molar-refractivity contribution is -0.666. The summed E-state index contributed by atoms with van der Waals surface area (Å²) in [6.07, 6.45) is -0.476. The fourth-order valence-corrected chi connectivity index (χ4v) is 3.05. The van der Waals surface area contributed by atoms with Crippen LogP contribution in [0.1, 0.15) is 4.88 Å². The predicted octanol–water partition coefficient (Wildman–Crippen LogP) is 1.03. The number of hydrogen-bond acceptors (Lipinski definition) is 5. The molecule has 0 spiro atoms. The average Bonchev–Trinajstić information content (AvgIpc) is 3.08. The number of hydrogen-bond donors (Lipinski definition) is 2. The van der Waals surface area contributed by atoms with E-state index >= 15 is 0 Å². The topological polar surface area (TPSA) is 64.5 Å². The summed E-state index contributed by atoms with van der Waals surface area (Å²) >= 11 is 1.66. The van der Waals surface area contributed by atoms with Crippen LogP contribution >= 0.6 is 11.3 Å². The molecule has 2 aromatic rings. The van der Waals surface area contributed by atoms with Crippen LogP contribution in [0.2, 0.25) is 0 Å². The summed E-state index contributed by atoms with van der Waals surface area (Å²) in [4.78, 5) is 1.17. The Balaban J connectivity index is 1.30. The molecule has 124 valence electrons. The van der Waals surface area contributed by atoms with Crippen LogP contribution in [0, 0.1) is 0 Å². The quantitative estimate of drug-likeness (QED) is 0.756. The predicted molar refractivity (Wildman–Crippen MR) is 88.0 cm³/mol. The molecular weight excluding hydrogens is 314 g/mol. The summed E-state index contributed by atoms with van der Waals surface area (Å²) in [5.41, 5.74) is 0. The summed E-state index contributed by atoms with van der Waals surface area (Å²) in [5, 5.41) is 14.0. The number of benzene rings is 1. The van der Waals surface area contributed by atoms with Crippen LogP contribution in [-0.4, -0.2) is 43.6 Å². The first-order valence-corrected chi connectivity index (χ1v) is 8.67. The van der Waals surface area contributed by atoms with Crippen molar-refractivity contribution in [2.45, 2.75) is 18.8 Å². The smallest absolute Gasteiger partial charge is 0.181 e. The van der Waals surface area contributed by atoms with Gasteiger partial charge >= 0.3 is 0 Å². The molecule has 1 aromatic heterocycles. The van der Waals surface area contributed by atoms with E-state index in [4.69, 9.17) is 14.2 Å². The second kappa shape index (κ2) is 8.31. The van der Waals surface area contributed by atoms with Crippen molar-refractivity contribution < 1.29 is 24.6 Å². The van der Waals surface area contributed by atoms with Crippen LogP contribution in [0.25, 0.3) is 0 Å². The number of aliphatic hydroxyl groups is 1. The van der Waals surface area contributed by atoms with Crippen molar-refractivity contribution in [2.75, 3.05) is 26.3 Å². The fourth-order valence-electron chi connectivity index (χ4n) is 2.41. The van der Waals surface area contributed by atoms with Gasteiger partial charge in [-0.25, -0.2) is 0 Å². The first kappa shape index (κ1) is 16.3. The van der Waals surface area contributed by atoms with Gasteiger partial charge in [-0.1, -0.05) is 18.2 Å². The third kappa shape index (κ3) is 4.94. The highest BCUT2D eigenvalue weighted by molar-refractivity contribution is 7.09. The normalized spacial score (nSPS) is 17.9. The molecule has 2 atom stereocenters. The molecule has 0 unspecified atom stereocenters. The Kier molecular flexibility index (Phi) is 5.87. The second-order valence-corrected chi connectivity index (χ2v) is 6.54. The molecule has 1 aliphatic rings. The molecule has 23 heavy (non-hydrogen) atoms. The van der Waals surface area contributed by atoms with Gasteiger partial charge in [0.2, 0.25) is 0 Å². The van der Waals surface area contributed by atoms with Crippen LogP contribution in [0.15, 0.2) is 41.8 Å². The largest absolute Gasteiger partial charge is 0.486 e. The molecule has 6 heteroatoms. The number of aliphatic hydroxyl groups excluding tert-OH is 1. The first-order chi connectivity index (χ1) is 11.3. The summed E-state index contributed by atoms with van der Waals surface area (Å²) < 4.78 is 17.1. The minimum atomic E-state index is -0.480. The summed E-state index contributed by atoms with van der Waals surface area (Å²) in [7, 11) is 0. The maximum atomic E-state index is 9.94. The number of ether oxygens (including phenoxy) is 3. The second-order valence-electron chi connectivity index (χ2n) is 5.51. The van der Waals surface area contributed by atoms with Crippen molar-refractivity contribution in [3.05, 3.63) is 46.7 Å². The lowest BCUT2D eigenvalue weighted by atomic mass is 10.2. The van der Waals surface area contributed by atoms with E-state index < -0.39 is 6.10 Å². The maximum Gasteiger partial charge on any atom is 0.181 e. The van der Waals surface area contributed by atoms with Gasteiger partial charge < -0.3 is 24.6 Å². The Morgan fingerprint density at radius 1 is 1.26 bits per heavy atom. The van der Waals surface area contributed by atoms with Gasteiger partial charge in [0.15, 0.2) is 17.6 Å². The molecule has 0 aliphatic carbocycles. The van der Waals surface area contributed by atoms with E-state index in [2.05, 4.69) is 0 Å². The van der Waals surface area contributed by atoms with Gasteiger partial charge in [-0.15, -0.1) is 11.3 Å². The molecule has 0 saturated heterocycles. The SMILES string of the molecule is O[C@H](C[NH2+]C[C@H]1COc2ccccc2O1)COCc1cccs1. The Bertz CT molecular complexity index is 590. The highest BCUT2D eigenvalue weighted by atomic mass is 32.1. The molecule has 0 radical (unpaired) electrons. The third-order valence-corrected chi connectivity index (χ3v) is 4.42. The van der Waals surface area contributed by atoms with Gasteiger partial charge in [0, 0.05) is 4.88 Å². The molecule has 3 N–H and O–H groups in total. The van der Waals surface area contributed by atoms with Gasteiger partial charge in [0.05, 0.1) is 13.2 Å². The molecule has 0 fully saturated rings. The Morgan fingerprint density at radius 3 is 2.96 bits per heavy atom. The van der Waals surface area contributed by atoms with Crippen molar-refractivity contribution in [1.29, 1.82) is 0 Å². The number of quaternary nitrogens is 1. The maximum absolute atomic E-state index is 9.94. The molecule has 5 nitrogen and oxygen atoms in total. The summed E-state index contributed by atoms with van der Waals surface area (Å²) in [5.74, 6) is 1.59. The Labute approximate surface area is 139 Å². The molecule has 1 aliphatic heterocycles. The zero-order chi connectivity index (χ0) is 15.9. The Morgan fingerprint density at radius 2 is 2.13 bits per heavy atom. The number of rotatable bonds is 8. The van der Waals surface area contributed by atoms with Crippen molar-refractivity contribution in [1.82, 2.24) is 0 Å². The molecule has 0 amide bonds. The molecule has 0 saturated carbocycles. The van der Waals surface area contributed by atoms with E-state index in [1.807, 2.05) is 47.1 Å². The number of nitrogens with two attached hydrogens (primary N) is 1. The molecule has 3 rings (SSSR count). The third-order valence-electron chi connectivity index (χ3n) is 3.57. The van der Waals surface area contributed by atoms with E-state index in [1.165, 1.54) is 4.88 Å². The van der Waals surface area contributed by atoms with Crippen molar-refractivity contribution >= 4 is 11.3 Å². The van der Waals surface area contributed by atoms with Crippen LogP contribution in [0.4, 0.5) is 0 Å². The van der Waals surface area contributed by atoms with Gasteiger partial charge in [-0.05, 0) is 23.6 Å². The zero-order valence-electron chi connectivity index (χ0n) is 12.9. The van der Waals surface area contributed by atoms with Gasteiger partial charge in [0.25, 0.3) is 0 Å². The average molecular weight is 336 g/mol. The van der Waals surface area contributed by atoms with E-state index in [9.17, 15) is 5.11 Å². The van der Waals surface area contributed by atoms with E-state index in [1.54, 1.807) is 11.3 Å². The molecular formula is C17H22NO4S+. The standard InChI is InChI=1S/C17H21NO4S/c19-13(10-20-12-15-4-3-7-23-15)8-18-9-14-11-21-16-5-1-2-6-17(16)22-14/h1-7,13-14,18-19H,8-12H2/p+1/t13-,14+/m1/s1. The highest BCUT2D eigenvalue weighted by Gasteiger charge is 2.22. The van der Waals surface area contributed by atoms with Gasteiger partial charge in [-0.3, -0.25) is 0 Å². The first-order valence-electron chi connectivity index (χ1n) is 7.79. The van der Waals surface area contributed by atoms with E-state index in [0.717, 1.165) is 18.0 Å². The van der Waals surface area contributed by atoms with Crippen molar-refractivity contribution in [2.24, 2.45) is 0 Å². The van der Waals surface area contributed by atoms with Gasteiger partial charge in [0.1, 0.15) is 25.8 Å². The molecule has 2 heterocycles. The minimum Gasteiger partial charge on any atom is -0.486 e. The monoisotopic (exact) mass is 336 g/mol. The lowest BCUT2D eigenvalue weighted by Gasteiger charge is -2.25. The molecule has 0 bridgehead atoms. The minimum absolute atomic E-state index is 0.00383. The van der Waals surface area contributed by atoms with Crippen LogP contribution in [0.5, 0.6) is 11.5 Å². The number of para-hydroxylation sites is 2.